The van der Waals surface area contributed by atoms with Gasteiger partial charge in [0, 0.05) is 30.7 Å². The van der Waals surface area contributed by atoms with Gasteiger partial charge in [0.2, 0.25) is 0 Å². The highest BCUT2D eigenvalue weighted by atomic mass is 16.5. The topological polar surface area (TPSA) is 84.3 Å². The van der Waals surface area contributed by atoms with Crippen LogP contribution in [0.5, 0.6) is 0 Å². The maximum Gasteiger partial charge on any atom is 0.331 e. The van der Waals surface area contributed by atoms with Crippen molar-refractivity contribution in [3.8, 4) is 0 Å². The first-order chi connectivity index (χ1) is 8.93. The summed E-state index contributed by atoms with van der Waals surface area (Å²) in [5.41, 5.74) is -0.254. The Labute approximate surface area is 112 Å². The Bertz CT molecular complexity index is 482. The molecule has 104 valence electrons. The summed E-state index contributed by atoms with van der Waals surface area (Å²) in [4.78, 5) is 20.2. The summed E-state index contributed by atoms with van der Waals surface area (Å²) >= 11 is 0. The van der Waals surface area contributed by atoms with Crippen LogP contribution in [0.3, 0.4) is 0 Å². The van der Waals surface area contributed by atoms with E-state index in [0.29, 0.717) is 24.7 Å². The first kappa shape index (κ1) is 13.7. The number of hydrogen-bond donors (Lipinski definition) is 2. The van der Waals surface area contributed by atoms with Gasteiger partial charge in [-0.2, -0.15) is 0 Å². The lowest BCUT2D eigenvalue weighted by Gasteiger charge is -2.24. The minimum atomic E-state index is -1.07. The number of carboxylic acids is 1. The van der Waals surface area contributed by atoms with Crippen LogP contribution in [0.25, 0.3) is 0 Å². The number of anilines is 1. The van der Waals surface area contributed by atoms with Crippen LogP contribution in [0.1, 0.15) is 37.7 Å². The highest BCUT2D eigenvalue weighted by Gasteiger charge is 2.43. The number of carbonyl (C=O) groups is 1. The van der Waals surface area contributed by atoms with Crippen LogP contribution in [0.15, 0.2) is 6.07 Å². The molecule has 1 saturated heterocycles. The number of nitrogens with one attached hydrogen (secondary N) is 1. The van der Waals surface area contributed by atoms with E-state index in [2.05, 4.69) is 15.3 Å². The molecule has 1 aliphatic heterocycles. The van der Waals surface area contributed by atoms with Gasteiger partial charge in [0.25, 0.3) is 0 Å². The van der Waals surface area contributed by atoms with Crippen molar-refractivity contribution >= 4 is 11.8 Å². The number of aliphatic carboxylic acids is 1. The van der Waals surface area contributed by atoms with Gasteiger partial charge in [0.05, 0.1) is 6.61 Å². The van der Waals surface area contributed by atoms with Gasteiger partial charge in [0.15, 0.2) is 5.54 Å². The summed E-state index contributed by atoms with van der Waals surface area (Å²) in [7, 11) is 0. The molecule has 1 aromatic heterocycles. The van der Waals surface area contributed by atoms with Crippen LogP contribution in [-0.4, -0.2) is 39.8 Å². The zero-order valence-corrected chi connectivity index (χ0v) is 11.4. The van der Waals surface area contributed by atoms with Gasteiger partial charge < -0.3 is 15.2 Å². The first-order valence-corrected chi connectivity index (χ1v) is 6.38. The Balaban J connectivity index is 2.29. The fraction of sp³-hybridized carbons (Fsp3) is 0.615. The van der Waals surface area contributed by atoms with E-state index in [-0.39, 0.29) is 12.5 Å². The van der Waals surface area contributed by atoms with Gasteiger partial charge in [-0.15, -0.1) is 0 Å². The smallest absolute Gasteiger partial charge is 0.331 e. The molecule has 0 aliphatic carbocycles. The average molecular weight is 265 g/mol. The monoisotopic (exact) mass is 265 g/mol. The van der Waals surface area contributed by atoms with Crippen molar-refractivity contribution in [3.63, 3.8) is 0 Å². The van der Waals surface area contributed by atoms with Crippen LogP contribution in [0, 0.1) is 6.92 Å². The molecule has 6 heteroatoms. The SMILES string of the molecule is Cc1cc(NC2(C(=O)O)CCOC2)nc(C(C)C)n1. The third-order valence-corrected chi connectivity index (χ3v) is 3.19. The molecule has 0 amide bonds. The van der Waals surface area contributed by atoms with E-state index in [9.17, 15) is 9.90 Å². The number of aryl methyl sites for hydroxylation is 1. The predicted octanol–water partition coefficient (Wildman–Crippen LogP) is 1.56. The fourth-order valence-electron chi connectivity index (χ4n) is 2.04. The molecule has 1 aliphatic rings. The van der Waals surface area contributed by atoms with Gasteiger partial charge in [-0.25, -0.2) is 14.8 Å². The molecule has 0 aromatic carbocycles. The summed E-state index contributed by atoms with van der Waals surface area (Å²) in [5, 5.41) is 12.4. The third-order valence-electron chi connectivity index (χ3n) is 3.19. The van der Waals surface area contributed by atoms with Gasteiger partial charge in [-0.3, -0.25) is 0 Å². The first-order valence-electron chi connectivity index (χ1n) is 6.38. The van der Waals surface area contributed by atoms with Crippen molar-refractivity contribution in [2.75, 3.05) is 18.5 Å². The van der Waals surface area contributed by atoms with Crippen molar-refractivity contribution in [1.29, 1.82) is 0 Å². The quantitative estimate of drug-likeness (QED) is 0.859. The van der Waals surface area contributed by atoms with E-state index in [1.165, 1.54) is 0 Å². The van der Waals surface area contributed by atoms with E-state index in [4.69, 9.17) is 4.74 Å². The van der Waals surface area contributed by atoms with E-state index < -0.39 is 11.5 Å². The predicted molar refractivity (Wildman–Crippen MR) is 70.3 cm³/mol. The van der Waals surface area contributed by atoms with Crippen molar-refractivity contribution in [2.24, 2.45) is 0 Å². The molecule has 6 nitrogen and oxygen atoms in total. The zero-order chi connectivity index (χ0) is 14.0. The molecule has 2 N–H and O–H groups in total. The van der Waals surface area contributed by atoms with Crippen molar-refractivity contribution in [3.05, 3.63) is 17.6 Å². The molecule has 2 rings (SSSR count). The maximum absolute atomic E-state index is 11.4. The fourth-order valence-corrected chi connectivity index (χ4v) is 2.04. The van der Waals surface area contributed by atoms with E-state index >= 15 is 0 Å². The van der Waals surface area contributed by atoms with E-state index in [1.54, 1.807) is 6.07 Å². The van der Waals surface area contributed by atoms with Crippen LogP contribution in [-0.2, 0) is 9.53 Å². The Morgan fingerprint density at radius 3 is 2.79 bits per heavy atom. The summed E-state index contributed by atoms with van der Waals surface area (Å²) in [6, 6.07) is 1.76. The molecule has 1 unspecified atom stereocenters. The van der Waals surface area contributed by atoms with Gasteiger partial charge in [-0.1, -0.05) is 13.8 Å². The second-order valence-corrected chi connectivity index (χ2v) is 5.22. The standard InChI is InChI=1S/C13H19N3O3/c1-8(2)11-14-9(3)6-10(15-11)16-13(12(17)18)4-5-19-7-13/h6,8H,4-5,7H2,1-3H3,(H,17,18)(H,14,15,16). The van der Waals surface area contributed by atoms with Crippen molar-refractivity contribution < 1.29 is 14.6 Å². The summed E-state index contributed by atoms with van der Waals surface area (Å²) in [5.74, 6) is 0.541. The molecular weight excluding hydrogens is 246 g/mol. The Kier molecular flexibility index (Phi) is 3.71. The molecule has 1 fully saturated rings. The lowest BCUT2D eigenvalue weighted by molar-refractivity contribution is -0.142. The molecule has 19 heavy (non-hydrogen) atoms. The Morgan fingerprint density at radius 2 is 2.26 bits per heavy atom. The van der Waals surface area contributed by atoms with Crippen molar-refractivity contribution in [1.82, 2.24) is 9.97 Å². The molecule has 1 atom stereocenters. The van der Waals surface area contributed by atoms with Gasteiger partial charge in [-0.05, 0) is 6.92 Å². The number of aromatic nitrogens is 2. The van der Waals surface area contributed by atoms with Gasteiger partial charge in [0.1, 0.15) is 11.6 Å². The summed E-state index contributed by atoms with van der Waals surface area (Å²) < 4.78 is 5.22. The lowest BCUT2D eigenvalue weighted by atomic mass is 9.99. The largest absolute Gasteiger partial charge is 0.479 e. The second-order valence-electron chi connectivity index (χ2n) is 5.22. The maximum atomic E-state index is 11.4. The van der Waals surface area contributed by atoms with Crippen molar-refractivity contribution in [2.45, 2.75) is 38.6 Å². The highest BCUT2D eigenvalue weighted by molar-refractivity contribution is 5.83. The number of rotatable bonds is 4. The Hall–Kier alpha value is -1.69. The summed E-state index contributed by atoms with van der Waals surface area (Å²) in [6.07, 6.45) is 0.433. The highest BCUT2D eigenvalue weighted by Crippen LogP contribution is 2.25. The molecule has 0 radical (unpaired) electrons. The molecule has 0 spiro atoms. The summed E-state index contributed by atoms with van der Waals surface area (Å²) in [6.45, 7) is 6.48. The van der Waals surface area contributed by atoms with E-state index in [0.717, 1.165) is 5.69 Å². The van der Waals surface area contributed by atoms with Crippen LogP contribution in [0.2, 0.25) is 0 Å². The number of ether oxygens (including phenoxy) is 1. The third kappa shape index (κ3) is 2.84. The minimum Gasteiger partial charge on any atom is -0.479 e. The second kappa shape index (κ2) is 5.13. The molecule has 0 bridgehead atoms. The molecule has 1 aromatic rings. The van der Waals surface area contributed by atoms with Crippen LogP contribution < -0.4 is 5.32 Å². The minimum absolute atomic E-state index is 0.155. The number of nitrogens with zero attached hydrogens (tertiary/aromatic N) is 2. The van der Waals surface area contributed by atoms with E-state index in [1.807, 2.05) is 20.8 Å². The lowest BCUT2D eigenvalue weighted by Crippen LogP contribution is -2.47. The number of hydrogen-bond acceptors (Lipinski definition) is 5. The Morgan fingerprint density at radius 1 is 1.53 bits per heavy atom. The zero-order valence-electron chi connectivity index (χ0n) is 11.4. The van der Waals surface area contributed by atoms with Crippen LogP contribution in [0.4, 0.5) is 5.82 Å². The van der Waals surface area contributed by atoms with Gasteiger partial charge >= 0.3 is 5.97 Å². The molecule has 0 saturated carbocycles. The normalized spacial score (nSPS) is 22.7. The molecule has 2 heterocycles. The number of carboxylic acid groups (broad SMARTS) is 1. The average Bonchev–Trinajstić information content (AvgIpc) is 2.78. The molecular formula is C13H19N3O3. The van der Waals surface area contributed by atoms with Crippen LogP contribution >= 0.6 is 0 Å².